The number of nitrogen functional groups attached to an aromatic ring is 1. The van der Waals surface area contributed by atoms with Crippen molar-refractivity contribution in [1.29, 1.82) is 0 Å². The lowest BCUT2D eigenvalue weighted by atomic mass is 10.2. The van der Waals surface area contributed by atoms with Gasteiger partial charge in [0.05, 0.1) is 16.5 Å². The maximum Gasteiger partial charge on any atom is 0.265 e. The molecule has 1 atom stereocenters. The summed E-state index contributed by atoms with van der Waals surface area (Å²) < 4.78 is 0.910. The highest BCUT2D eigenvalue weighted by molar-refractivity contribution is 7.21. The first-order valence-corrected chi connectivity index (χ1v) is 6.89. The van der Waals surface area contributed by atoms with E-state index in [1.807, 2.05) is 12.1 Å². The van der Waals surface area contributed by atoms with Gasteiger partial charge in [-0.25, -0.2) is 0 Å². The monoisotopic (exact) mass is 279 g/mol. The van der Waals surface area contributed by atoms with Gasteiger partial charge in [0.2, 0.25) is 0 Å². The van der Waals surface area contributed by atoms with Gasteiger partial charge in [0.25, 0.3) is 5.91 Å². The number of nitrogens with two attached hydrogens (primary N) is 1. The van der Waals surface area contributed by atoms with Gasteiger partial charge in [0, 0.05) is 19.8 Å². The van der Waals surface area contributed by atoms with Crippen molar-refractivity contribution in [3.8, 4) is 0 Å². The van der Waals surface area contributed by atoms with Crippen molar-refractivity contribution in [2.75, 3.05) is 19.3 Å². The molecule has 2 heterocycles. The molecule has 0 aliphatic rings. The summed E-state index contributed by atoms with van der Waals surface area (Å²) in [4.78, 5) is 18.6. The van der Waals surface area contributed by atoms with Gasteiger partial charge in [-0.15, -0.1) is 11.3 Å². The number of nitrogens with zero attached hydrogens (tertiary/aromatic N) is 2. The number of amides is 1. The van der Waals surface area contributed by atoms with Crippen molar-refractivity contribution in [3.63, 3.8) is 0 Å². The number of aliphatic hydroxyl groups is 1. The van der Waals surface area contributed by atoms with Gasteiger partial charge in [-0.3, -0.25) is 9.78 Å². The summed E-state index contributed by atoms with van der Waals surface area (Å²) in [5, 5.41) is 9.25. The molecule has 3 N–H and O–H groups in total. The molecule has 6 heteroatoms. The van der Waals surface area contributed by atoms with Gasteiger partial charge in [-0.05, 0) is 25.5 Å². The fourth-order valence-electron chi connectivity index (χ4n) is 1.76. The van der Waals surface area contributed by atoms with Crippen LogP contribution in [0.5, 0.6) is 0 Å². The molecule has 0 spiro atoms. The molecule has 2 aromatic heterocycles. The number of carbonyl (C=O) groups excluding carboxylic acids is 1. The van der Waals surface area contributed by atoms with Crippen LogP contribution in [0.2, 0.25) is 0 Å². The third kappa shape index (κ3) is 2.85. The fraction of sp³-hybridized carbons (Fsp3) is 0.385. The summed E-state index contributed by atoms with van der Waals surface area (Å²) >= 11 is 1.35. The van der Waals surface area contributed by atoms with Crippen LogP contribution < -0.4 is 5.73 Å². The van der Waals surface area contributed by atoms with Crippen LogP contribution in [-0.4, -0.2) is 40.6 Å². The minimum atomic E-state index is -0.420. The Labute approximate surface area is 115 Å². The Morgan fingerprint density at radius 2 is 2.37 bits per heavy atom. The molecule has 5 nitrogen and oxygen atoms in total. The van der Waals surface area contributed by atoms with Crippen molar-refractivity contribution in [2.45, 2.75) is 19.4 Å². The average molecular weight is 279 g/mol. The number of anilines is 1. The molecule has 1 unspecified atom stereocenters. The molecule has 0 radical (unpaired) electrons. The van der Waals surface area contributed by atoms with E-state index in [1.165, 1.54) is 11.3 Å². The van der Waals surface area contributed by atoms with Crippen LogP contribution in [-0.2, 0) is 0 Å². The van der Waals surface area contributed by atoms with Gasteiger partial charge in [0.1, 0.15) is 10.4 Å². The van der Waals surface area contributed by atoms with Crippen LogP contribution >= 0.6 is 11.3 Å². The maximum absolute atomic E-state index is 12.3. The number of hydrogen-bond donors (Lipinski definition) is 2. The number of rotatable bonds is 4. The maximum atomic E-state index is 12.3. The molecule has 1 amide bonds. The Morgan fingerprint density at radius 3 is 3.00 bits per heavy atom. The van der Waals surface area contributed by atoms with Crippen molar-refractivity contribution in [3.05, 3.63) is 23.2 Å². The number of thiophene rings is 1. The molecule has 0 saturated carbocycles. The topological polar surface area (TPSA) is 79.5 Å². The standard InChI is InChI=1S/C13H17N3O2S/c1-8(17)5-7-16(2)13(18)12-10(14)11-9(19-12)4-3-6-15-11/h3-4,6,8,17H,5,7,14H2,1-2H3. The van der Waals surface area contributed by atoms with Crippen LogP contribution in [0, 0.1) is 0 Å². The first kappa shape index (κ1) is 13.8. The van der Waals surface area contributed by atoms with E-state index in [2.05, 4.69) is 4.98 Å². The fourth-order valence-corrected chi connectivity index (χ4v) is 2.84. The number of aliphatic hydroxyl groups excluding tert-OH is 1. The second-order valence-corrected chi connectivity index (χ2v) is 5.61. The van der Waals surface area contributed by atoms with E-state index in [4.69, 9.17) is 5.73 Å². The van der Waals surface area contributed by atoms with Crippen LogP contribution in [0.15, 0.2) is 18.3 Å². The number of aromatic nitrogens is 1. The minimum absolute atomic E-state index is 0.124. The number of carbonyl (C=O) groups is 1. The molecule has 0 aromatic carbocycles. The molecule has 0 bridgehead atoms. The third-order valence-electron chi connectivity index (χ3n) is 2.91. The van der Waals surface area contributed by atoms with Crippen LogP contribution in [0.25, 0.3) is 10.2 Å². The third-order valence-corrected chi connectivity index (χ3v) is 4.05. The summed E-state index contributed by atoms with van der Waals surface area (Å²) in [6.07, 6.45) is 1.79. The molecular weight excluding hydrogens is 262 g/mol. The smallest absolute Gasteiger partial charge is 0.265 e. The Hall–Kier alpha value is -1.66. The SMILES string of the molecule is CC(O)CCN(C)C(=O)c1sc2cccnc2c1N. The van der Waals surface area contributed by atoms with Crippen molar-refractivity contribution < 1.29 is 9.90 Å². The Balaban J connectivity index is 2.24. The highest BCUT2D eigenvalue weighted by Gasteiger charge is 2.20. The normalized spacial score (nSPS) is 12.6. The summed E-state index contributed by atoms with van der Waals surface area (Å²) in [6.45, 7) is 2.20. The quantitative estimate of drug-likeness (QED) is 0.893. The molecule has 102 valence electrons. The van der Waals surface area contributed by atoms with Gasteiger partial charge in [0.15, 0.2) is 0 Å². The predicted molar refractivity (Wildman–Crippen MR) is 77.3 cm³/mol. The Morgan fingerprint density at radius 1 is 1.63 bits per heavy atom. The minimum Gasteiger partial charge on any atom is -0.396 e. The van der Waals surface area contributed by atoms with E-state index >= 15 is 0 Å². The first-order chi connectivity index (χ1) is 9.00. The number of pyridine rings is 1. The average Bonchev–Trinajstić information content (AvgIpc) is 2.73. The molecule has 0 fully saturated rings. The highest BCUT2D eigenvalue weighted by atomic mass is 32.1. The number of hydrogen-bond acceptors (Lipinski definition) is 5. The van der Waals surface area contributed by atoms with Crippen LogP contribution in [0.3, 0.4) is 0 Å². The van der Waals surface area contributed by atoms with E-state index in [0.717, 1.165) is 4.70 Å². The zero-order chi connectivity index (χ0) is 14.0. The Bertz CT molecular complexity index is 595. The molecule has 0 saturated heterocycles. The van der Waals surface area contributed by atoms with Gasteiger partial charge in [-0.1, -0.05) is 0 Å². The molecular formula is C13H17N3O2S. The van der Waals surface area contributed by atoms with Gasteiger partial charge in [-0.2, -0.15) is 0 Å². The van der Waals surface area contributed by atoms with E-state index in [0.29, 0.717) is 29.0 Å². The summed E-state index contributed by atoms with van der Waals surface area (Å²) in [5.41, 5.74) is 7.10. The Kier molecular flexibility index (Phi) is 4.01. The summed E-state index contributed by atoms with van der Waals surface area (Å²) in [5.74, 6) is -0.124. The summed E-state index contributed by atoms with van der Waals surface area (Å²) in [7, 11) is 1.71. The number of fused-ring (bicyclic) bond motifs is 1. The first-order valence-electron chi connectivity index (χ1n) is 6.07. The van der Waals surface area contributed by atoms with Crippen LogP contribution in [0.4, 0.5) is 5.69 Å². The molecule has 19 heavy (non-hydrogen) atoms. The van der Waals surface area contributed by atoms with Gasteiger partial charge >= 0.3 is 0 Å². The second kappa shape index (κ2) is 5.54. The molecule has 2 aromatic rings. The lowest BCUT2D eigenvalue weighted by Gasteiger charge is -2.17. The highest BCUT2D eigenvalue weighted by Crippen LogP contribution is 2.32. The zero-order valence-corrected chi connectivity index (χ0v) is 11.8. The summed E-state index contributed by atoms with van der Waals surface area (Å²) in [6, 6.07) is 3.72. The van der Waals surface area contributed by atoms with Crippen molar-refractivity contribution in [2.24, 2.45) is 0 Å². The van der Waals surface area contributed by atoms with Crippen LogP contribution in [0.1, 0.15) is 23.0 Å². The molecule has 0 aliphatic carbocycles. The molecule has 2 rings (SSSR count). The second-order valence-electron chi connectivity index (χ2n) is 4.56. The lowest BCUT2D eigenvalue weighted by Crippen LogP contribution is -2.29. The van der Waals surface area contributed by atoms with E-state index in [-0.39, 0.29) is 5.91 Å². The van der Waals surface area contributed by atoms with E-state index < -0.39 is 6.10 Å². The predicted octanol–water partition coefficient (Wildman–Crippen LogP) is 1.72. The van der Waals surface area contributed by atoms with E-state index in [9.17, 15) is 9.90 Å². The molecule has 0 aliphatic heterocycles. The van der Waals surface area contributed by atoms with Crippen molar-refractivity contribution >= 4 is 33.1 Å². The van der Waals surface area contributed by atoms with Gasteiger partial charge < -0.3 is 15.7 Å². The largest absolute Gasteiger partial charge is 0.396 e. The zero-order valence-electron chi connectivity index (χ0n) is 11.0. The van der Waals surface area contributed by atoms with Crippen molar-refractivity contribution in [1.82, 2.24) is 9.88 Å². The van der Waals surface area contributed by atoms with E-state index in [1.54, 1.807) is 25.1 Å². The lowest BCUT2D eigenvalue weighted by molar-refractivity contribution is 0.0774.